The third-order valence-electron chi connectivity index (χ3n) is 3.67. The number of nitrogens with zero attached hydrogens (tertiary/aromatic N) is 1. The van der Waals surface area contributed by atoms with Crippen molar-refractivity contribution in [3.05, 3.63) is 34.4 Å². The highest BCUT2D eigenvalue weighted by atomic mass is 32.2. The molecule has 124 valence electrons. The number of anilines is 1. The summed E-state index contributed by atoms with van der Waals surface area (Å²) in [6, 6.07) is 5.97. The summed E-state index contributed by atoms with van der Waals surface area (Å²) >= 11 is 1.65. The average molecular weight is 339 g/mol. The summed E-state index contributed by atoms with van der Waals surface area (Å²) in [5, 5.41) is 25.6. The molecule has 1 aliphatic rings. The fourth-order valence-corrected chi connectivity index (χ4v) is 3.57. The number of carboxylic acids is 1. The minimum absolute atomic E-state index is 0.137. The monoisotopic (exact) mass is 339 g/mol. The molecule has 0 spiro atoms. The van der Waals surface area contributed by atoms with Crippen LogP contribution in [-0.4, -0.2) is 45.5 Å². The minimum Gasteiger partial charge on any atom is -0.480 e. The Morgan fingerprint density at radius 1 is 1.30 bits per heavy atom. The fourth-order valence-electron chi connectivity index (χ4n) is 2.38. The number of nitro groups is 1. The predicted octanol–water partition coefficient (Wildman–Crippen LogP) is 1.47. The van der Waals surface area contributed by atoms with Crippen molar-refractivity contribution in [1.29, 1.82) is 0 Å². The van der Waals surface area contributed by atoms with E-state index in [2.05, 4.69) is 10.6 Å². The molecule has 0 unspecified atom stereocenters. The molecule has 0 saturated carbocycles. The first-order valence-corrected chi connectivity index (χ1v) is 8.19. The SMILES string of the molecule is O=C(CNc1ccccc1[N+](=O)[O-])NC1(C(=O)O)CCSCC1. The van der Waals surface area contributed by atoms with Crippen LogP contribution in [0.5, 0.6) is 0 Å². The number of nitro benzene ring substituents is 1. The zero-order valence-corrected chi connectivity index (χ0v) is 13.1. The van der Waals surface area contributed by atoms with Gasteiger partial charge in [-0.1, -0.05) is 12.1 Å². The quantitative estimate of drug-likeness (QED) is 0.530. The summed E-state index contributed by atoms with van der Waals surface area (Å²) in [6.45, 7) is -0.229. The van der Waals surface area contributed by atoms with E-state index in [1.165, 1.54) is 18.2 Å². The van der Waals surface area contributed by atoms with Crippen LogP contribution in [0, 0.1) is 10.1 Å². The molecule has 9 heteroatoms. The zero-order chi connectivity index (χ0) is 16.9. The molecule has 0 bridgehead atoms. The van der Waals surface area contributed by atoms with Gasteiger partial charge in [-0.05, 0) is 30.4 Å². The van der Waals surface area contributed by atoms with Gasteiger partial charge >= 0.3 is 5.97 Å². The maximum Gasteiger partial charge on any atom is 0.329 e. The smallest absolute Gasteiger partial charge is 0.329 e. The van der Waals surface area contributed by atoms with Crippen molar-refractivity contribution in [2.24, 2.45) is 0 Å². The fraction of sp³-hybridized carbons (Fsp3) is 0.429. The lowest BCUT2D eigenvalue weighted by Crippen LogP contribution is -2.57. The Balaban J connectivity index is 2.00. The number of carbonyl (C=O) groups excluding carboxylic acids is 1. The van der Waals surface area contributed by atoms with E-state index in [9.17, 15) is 24.8 Å². The molecule has 0 aliphatic carbocycles. The second-order valence-electron chi connectivity index (χ2n) is 5.18. The molecule has 2 rings (SSSR count). The van der Waals surface area contributed by atoms with Gasteiger partial charge in [0.25, 0.3) is 5.69 Å². The summed E-state index contributed by atoms with van der Waals surface area (Å²) in [4.78, 5) is 33.9. The molecule has 1 aromatic carbocycles. The number of amides is 1. The number of carboxylic acid groups (broad SMARTS) is 1. The number of hydrogen-bond donors (Lipinski definition) is 3. The predicted molar refractivity (Wildman–Crippen MR) is 86.7 cm³/mol. The van der Waals surface area contributed by atoms with Gasteiger partial charge < -0.3 is 15.7 Å². The van der Waals surface area contributed by atoms with E-state index in [0.717, 1.165) is 0 Å². The number of benzene rings is 1. The van der Waals surface area contributed by atoms with Crippen LogP contribution in [0.2, 0.25) is 0 Å². The Morgan fingerprint density at radius 3 is 2.57 bits per heavy atom. The third-order valence-corrected chi connectivity index (χ3v) is 4.66. The Morgan fingerprint density at radius 2 is 1.96 bits per heavy atom. The second kappa shape index (κ2) is 7.32. The van der Waals surface area contributed by atoms with Crippen molar-refractivity contribution < 1.29 is 19.6 Å². The second-order valence-corrected chi connectivity index (χ2v) is 6.40. The molecule has 1 heterocycles. The number of rotatable bonds is 6. The van der Waals surface area contributed by atoms with Crippen LogP contribution in [0.1, 0.15) is 12.8 Å². The number of thioether (sulfide) groups is 1. The molecule has 3 N–H and O–H groups in total. The molecule has 23 heavy (non-hydrogen) atoms. The molecular formula is C14H17N3O5S. The molecule has 8 nitrogen and oxygen atoms in total. The molecule has 0 radical (unpaired) electrons. The normalized spacial score (nSPS) is 16.3. The van der Waals surface area contributed by atoms with Crippen LogP contribution >= 0.6 is 11.8 Å². The van der Waals surface area contributed by atoms with E-state index < -0.39 is 22.3 Å². The molecule has 1 fully saturated rings. The van der Waals surface area contributed by atoms with Crippen molar-refractivity contribution in [2.75, 3.05) is 23.4 Å². The first-order valence-electron chi connectivity index (χ1n) is 7.04. The van der Waals surface area contributed by atoms with E-state index in [1.807, 2.05) is 0 Å². The minimum atomic E-state index is -1.24. The van der Waals surface area contributed by atoms with Crippen LogP contribution in [0.4, 0.5) is 11.4 Å². The van der Waals surface area contributed by atoms with E-state index in [1.54, 1.807) is 17.8 Å². The molecule has 1 aliphatic heterocycles. The summed E-state index contributed by atoms with van der Waals surface area (Å²) in [5.74, 6) is -0.205. The average Bonchev–Trinajstić information content (AvgIpc) is 2.54. The van der Waals surface area contributed by atoms with Crippen LogP contribution in [-0.2, 0) is 9.59 Å². The van der Waals surface area contributed by atoms with Gasteiger partial charge in [-0.25, -0.2) is 4.79 Å². The summed E-state index contributed by atoms with van der Waals surface area (Å²) in [6.07, 6.45) is 0.731. The summed E-state index contributed by atoms with van der Waals surface area (Å²) in [5.41, 5.74) is -1.16. The van der Waals surface area contributed by atoms with E-state index in [-0.39, 0.29) is 17.9 Å². The van der Waals surface area contributed by atoms with Gasteiger partial charge in [0, 0.05) is 6.07 Å². The summed E-state index contributed by atoms with van der Waals surface area (Å²) < 4.78 is 0. The van der Waals surface area contributed by atoms with Gasteiger partial charge in [0.2, 0.25) is 5.91 Å². The molecule has 1 aromatic rings. The zero-order valence-electron chi connectivity index (χ0n) is 12.3. The van der Waals surface area contributed by atoms with Gasteiger partial charge in [-0.15, -0.1) is 0 Å². The van der Waals surface area contributed by atoms with Crippen molar-refractivity contribution in [1.82, 2.24) is 5.32 Å². The standard InChI is InChI=1S/C14H17N3O5S/c18-12(16-14(13(19)20)5-7-23-8-6-14)9-15-10-3-1-2-4-11(10)17(21)22/h1-4,15H,5-9H2,(H,16,18)(H,19,20). The molecule has 1 amide bonds. The summed E-state index contributed by atoms with van der Waals surface area (Å²) in [7, 11) is 0. The molecular weight excluding hydrogens is 322 g/mol. The van der Waals surface area contributed by atoms with E-state index in [0.29, 0.717) is 24.3 Å². The first kappa shape index (κ1) is 17.1. The molecule has 0 aromatic heterocycles. The van der Waals surface area contributed by atoms with Crippen molar-refractivity contribution >= 4 is 35.0 Å². The van der Waals surface area contributed by atoms with Crippen molar-refractivity contribution in [3.8, 4) is 0 Å². The van der Waals surface area contributed by atoms with E-state index in [4.69, 9.17) is 0 Å². The highest BCUT2D eigenvalue weighted by Gasteiger charge is 2.41. The van der Waals surface area contributed by atoms with Crippen LogP contribution in [0.25, 0.3) is 0 Å². The van der Waals surface area contributed by atoms with Gasteiger partial charge in [0.15, 0.2) is 0 Å². The van der Waals surface area contributed by atoms with Gasteiger partial charge in [-0.3, -0.25) is 14.9 Å². The highest BCUT2D eigenvalue weighted by molar-refractivity contribution is 7.99. The van der Waals surface area contributed by atoms with E-state index >= 15 is 0 Å². The Hall–Kier alpha value is -2.29. The number of aliphatic carboxylic acids is 1. The highest BCUT2D eigenvalue weighted by Crippen LogP contribution is 2.27. The Kier molecular flexibility index (Phi) is 5.43. The van der Waals surface area contributed by atoms with Gasteiger partial charge in [0.1, 0.15) is 11.2 Å². The number of para-hydroxylation sites is 2. The number of carbonyl (C=O) groups is 2. The Bertz CT molecular complexity index is 616. The lowest BCUT2D eigenvalue weighted by atomic mass is 9.92. The number of hydrogen-bond acceptors (Lipinski definition) is 6. The lowest BCUT2D eigenvalue weighted by Gasteiger charge is -2.33. The third kappa shape index (κ3) is 4.13. The van der Waals surface area contributed by atoms with Crippen molar-refractivity contribution in [3.63, 3.8) is 0 Å². The lowest BCUT2D eigenvalue weighted by molar-refractivity contribution is -0.383. The van der Waals surface area contributed by atoms with Crippen LogP contribution in [0.15, 0.2) is 24.3 Å². The van der Waals surface area contributed by atoms with Gasteiger partial charge in [0.05, 0.1) is 11.5 Å². The first-order chi connectivity index (χ1) is 10.9. The maximum absolute atomic E-state index is 12.1. The van der Waals surface area contributed by atoms with Gasteiger partial charge in [-0.2, -0.15) is 11.8 Å². The van der Waals surface area contributed by atoms with Crippen LogP contribution < -0.4 is 10.6 Å². The maximum atomic E-state index is 12.1. The molecule has 0 atom stereocenters. The largest absolute Gasteiger partial charge is 0.480 e. The van der Waals surface area contributed by atoms with Crippen LogP contribution in [0.3, 0.4) is 0 Å². The molecule has 1 saturated heterocycles. The topological polar surface area (TPSA) is 122 Å². The number of nitrogens with one attached hydrogen (secondary N) is 2. The Labute approximate surface area is 136 Å². The van der Waals surface area contributed by atoms with Crippen molar-refractivity contribution in [2.45, 2.75) is 18.4 Å².